The van der Waals surface area contributed by atoms with E-state index >= 15 is 0 Å². The van der Waals surface area contributed by atoms with Crippen LogP contribution in [0, 0.1) is 0 Å². The fraction of sp³-hybridized carbons (Fsp3) is 0.538. The SMILES string of the molecule is CCNc1ncc(C(=O)NC2(C)CCS(=O)(=O)C2)cc1Cl. The van der Waals surface area contributed by atoms with Gasteiger partial charge in [0.1, 0.15) is 5.82 Å². The van der Waals surface area contributed by atoms with Crippen molar-refractivity contribution in [3.8, 4) is 0 Å². The Morgan fingerprint density at radius 2 is 2.24 bits per heavy atom. The van der Waals surface area contributed by atoms with E-state index in [1.54, 1.807) is 6.92 Å². The van der Waals surface area contributed by atoms with Crippen LogP contribution in [-0.4, -0.2) is 42.9 Å². The van der Waals surface area contributed by atoms with Gasteiger partial charge >= 0.3 is 0 Å². The molecule has 1 aliphatic rings. The molecule has 2 heterocycles. The molecule has 1 fully saturated rings. The minimum Gasteiger partial charge on any atom is -0.369 e. The van der Waals surface area contributed by atoms with Crippen molar-refractivity contribution in [1.29, 1.82) is 0 Å². The Morgan fingerprint density at radius 3 is 2.76 bits per heavy atom. The first-order valence-corrected chi connectivity index (χ1v) is 8.87. The van der Waals surface area contributed by atoms with Gasteiger partial charge in [-0.25, -0.2) is 13.4 Å². The Labute approximate surface area is 129 Å². The summed E-state index contributed by atoms with van der Waals surface area (Å²) in [5.41, 5.74) is -0.421. The van der Waals surface area contributed by atoms with Crippen LogP contribution in [0.4, 0.5) is 5.82 Å². The number of pyridine rings is 1. The number of aromatic nitrogens is 1. The summed E-state index contributed by atoms with van der Waals surface area (Å²) in [4.78, 5) is 16.3. The molecule has 1 aromatic rings. The van der Waals surface area contributed by atoms with Crippen molar-refractivity contribution in [2.75, 3.05) is 23.4 Å². The van der Waals surface area contributed by atoms with Gasteiger partial charge in [-0.1, -0.05) is 11.6 Å². The number of rotatable bonds is 4. The molecule has 8 heteroatoms. The summed E-state index contributed by atoms with van der Waals surface area (Å²) in [7, 11) is -3.07. The molecule has 1 amide bonds. The summed E-state index contributed by atoms with van der Waals surface area (Å²) in [6.45, 7) is 4.33. The Bertz CT molecular complexity index is 663. The van der Waals surface area contributed by atoms with E-state index in [0.29, 0.717) is 29.4 Å². The van der Waals surface area contributed by atoms with Crippen LogP contribution < -0.4 is 10.6 Å². The third kappa shape index (κ3) is 3.85. The molecule has 0 bridgehead atoms. The number of hydrogen-bond donors (Lipinski definition) is 2. The lowest BCUT2D eigenvalue weighted by atomic mass is 10.0. The van der Waals surface area contributed by atoms with Crippen molar-refractivity contribution in [3.05, 3.63) is 22.8 Å². The van der Waals surface area contributed by atoms with Crippen molar-refractivity contribution in [2.24, 2.45) is 0 Å². The Kier molecular flexibility index (Phi) is 4.43. The van der Waals surface area contributed by atoms with Crippen LogP contribution in [0.2, 0.25) is 5.02 Å². The first kappa shape index (κ1) is 16.0. The predicted molar refractivity (Wildman–Crippen MR) is 82.6 cm³/mol. The topological polar surface area (TPSA) is 88.2 Å². The van der Waals surface area contributed by atoms with Gasteiger partial charge in [-0.05, 0) is 26.3 Å². The lowest BCUT2D eigenvalue weighted by molar-refractivity contribution is 0.0915. The van der Waals surface area contributed by atoms with E-state index in [4.69, 9.17) is 11.6 Å². The normalized spacial score (nSPS) is 23.8. The minimum absolute atomic E-state index is 0.0393. The summed E-state index contributed by atoms with van der Waals surface area (Å²) < 4.78 is 23.1. The molecule has 0 aliphatic carbocycles. The molecule has 0 spiro atoms. The molecule has 1 saturated heterocycles. The van der Waals surface area contributed by atoms with E-state index in [9.17, 15) is 13.2 Å². The highest BCUT2D eigenvalue weighted by Crippen LogP contribution is 2.24. The van der Waals surface area contributed by atoms with Crippen LogP contribution in [0.1, 0.15) is 30.6 Å². The Balaban J connectivity index is 2.12. The van der Waals surface area contributed by atoms with Crippen LogP contribution in [0.15, 0.2) is 12.3 Å². The highest BCUT2D eigenvalue weighted by molar-refractivity contribution is 7.91. The van der Waals surface area contributed by atoms with E-state index in [1.165, 1.54) is 12.3 Å². The molecule has 1 aliphatic heterocycles. The van der Waals surface area contributed by atoms with Crippen molar-refractivity contribution < 1.29 is 13.2 Å². The number of sulfone groups is 1. The fourth-order valence-electron chi connectivity index (χ4n) is 2.31. The molecule has 0 radical (unpaired) electrons. The van der Waals surface area contributed by atoms with Gasteiger partial charge < -0.3 is 10.6 Å². The molecule has 1 aromatic heterocycles. The average Bonchev–Trinajstić information content (AvgIpc) is 2.66. The number of carbonyl (C=O) groups is 1. The maximum atomic E-state index is 12.2. The maximum absolute atomic E-state index is 12.2. The van der Waals surface area contributed by atoms with E-state index in [1.807, 2.05) is 6.92 Å². The highest BCUT2D eigenvalue weighted by Gasteiger charge is 2.39. The summed E-state index contributed by atoms with van der Waals surface area (Å²) in [6.07, 6.45) is 1.84. The minimum atomic E-state index is -3.07. The first-order valence-electron chi connectivity index (χ1n) is 6.67. The molecular weight excluding hydrogens is 314 g/mol. The van der Waals surface area contributed by atoms with Crippen LogP contribution in [0.5, 0.6) is 0 Å². The van der Waals surface area contributed by atoms with Gasteiger partial charge in [0.05, 0.1) is 27.6 Å². The van der Waals surface area contributed by atoms with Crippen molar-refractivity contribution in [2.45, 2.75) is 25.8 Å². The van der Waals surface area contributed by atoms with Gasteiger partial charge in [-0.15, -0.1) is 0 Å². The molecule has 0 saturated carbocycles. The largest absolute Gasteiger partial charge is 0.369 e. The summed E-state index contributed by atoms with van der Waals surface area (Å²) in [5.74, 6) is 0.210. The summed E-state index contributed by atoms with van der Waals surface area (Å²) in [5, 5.41) is 6.10. The van der Waals surface area contributed by atoms with Crippen molar-refractivity contribution in [3.63, 3.8) is 0 Å². The second-order valence-corrected chi connectivity index (χ2v) is 8.03. The van der Waals surface area contributed by atoms with Crippen LogP contribution in [0.3, 0.4) is 0 Å². The second kappa shape index (κ2) is 5.81. The van der Waals surface area contributed by atoms with Gasteiger partial charge in [-0.2, -0.15) is 0 Å². The fourth-order valence-corrected chi connectivity index (χ4v) is 4.64. The quantitative estimate of drug-likeness (QED) is 0.872. The van der Waals surface area contributed by atoms with Gasteiger partial charge in [0, 0.05) is 12.7 Å². The van der Waals surface area contributed by atoms with Gasteiger partial charge in [0.25, 0.3) is 5.91 Å². The first-order chi connectivity index (χ1) is 9.75. The highest BCUT2D eigenvalue weighted by atomic mass is 35.5. The van der Waals surface area contributed by atoms with E-state index < -0.39 is 15.4 Å². The predicted octanol–water partition coefficient (Wildman–Crippen LogP) is 1.47. The molecule has 2 rings (SSSR count). The van der Waals surface area contributed by atoms with Crippen LogP contribution in [0.25, 0.3) is 0 Å². The molecule has 1 atom stereocenters. The van der Waals surface area contributed by atoms with E-state index in [0.717, 1.165) is 0 Å². The molecule has 0 aromatic carbocycles. The molecule has 2 N–H and O–H groups in total. The lowest BCUT2D eigenvalue weighted by Crippen LogP contribution is -2.46. The number of carbonyl (C=O) groups excluding carboxylic acids is 1. The summed E-state index contributed by atoms with van der Waals surface area (Å²) in [6, 6.07) is 1.52. The van der Waals surface area contributed by atoms with Gasteiger partial charge in [0.2, 0.25) is 0 Å². The number of anilines is 1. The zero-order valence-electron chi connectivity index (χ0n) is 11.9. The molecule has 6 nitrogen and oxygen atoms in total. The molecule has 116 valence electrons. The van der Waals surface area contributed by atoms with E-state index in [-0.39, 0.29) is 17.4 Å². The van der Waals surface area contributed by atoms with Gasteiger partial charge in [0.15, 0.2) is 9.84 Å². The Hall–Kier alpha value is -1.34. The van der Waals surface area contributed by atoms with E-state index in [2.05, 4.69) is 15.6 Å². The zero-order valence-corrected chi connectivity index (χ0v) is 13.5. The third-order valence-corrected chi connectivity index (χ3v) is 5.56. The Morgan fingerprint density at radius 1 is 1.52 bits per heavy atom. The van der Waals surface area contributed by atoms with Crippen molar-refractivity contribution in [1.82, 2.24) is 10.3 Å². The molecule has 21 heavy (non-hydrogen) atoms. The zero-order chi connectivity index (χ0) is 15.7. The summed E-state index contributed by atoms with van der Waals surface area (Å²) >= 11 is 6.05. The number of nitrogens with one attached hydrogen (secondary N) is 2. The maximum Gasteiger partial charge on any atom is 0.253 e. The second-order valence-electron chi connectivity index (χ2n) is 5.44. The number of hydrogen-bond acceptors (Lipinski definition) is 5. The monoisotopic (exact) mass is 331 g/mol. The third-order valence-electron chi connectivity index (χ3n) is 3.37. The van der Waals surface area contributed by atoms with Crippen LogP contribution in [-0.2, 0) is 9.84 Å². The number of amides is 1. The average molecular weight is 332 g/mol. The number of nitrogens with zero attached hydrogens (tertiary/aromatic N) is 1. The molecular formula is C13H18ClN3O3S. The number of halogens is 1. The molecule has 1 unspecified atom stereocenters. The van der Waals surface area contributed by atoms with Crippen LogP contribution >= 0.6 is 11.6 Å². The van der Waals surface area contributed by atoms with Crippen molar-refractivity contribution >= 4 is 33.2 Å². The van der Waals surface area contributed by atoms with Gasteiger partial charge in [-0.3, -0.25) is 4.79 Å². The lowest BCUT2D eigenvalue weighted by Gasteiger charge is -2.23. The standard InChI is InChI=1S/C13H18ClN3O3S/c1-3-15-11-10(14)6-9(7-16-11)12(18)17-13(2)4-5-21(19,20)8-13/h6-7H,3-5,8H2,1-2H3,(H,15,16)(H,17,18). The smallest absolute Gasteiger partial charge is 0.253 e.